The summed E-state index contributed by atoms with van der Waals surface area (Å²) in [6.07, 6.45) is 7.70. The molecule has 2 aromatic rings. The Morgan fingerprint density at radius 2 is 1.94 bits per heavy atom. The molecule has 1 aliphatic carbocycles. The van der Waals surface area contributed by atoms with Crippen LogP contribution < -0.4 is 5.73 Å². The number of aromatic nitrogens is 3. The van der Waals surface area contributed by atoms with Gasteiger partial charge in [-0.2, -0.15) is 0 Å². The van der Waals surface area contributed by atoms with E-state index in [4.69, 9.17) is 5.73 Å². The predicted molar refractivity (Wildman–Crippen MR) is 61.9 cm³/mol. The van der Waals surface area contributed by atoms with Crippen molar-refractivity contribution in [1.82, 2.24) is 14.6 Å². The number of rotatable bonds is 1. The molecule has 0 aliphatic heterocycles. The van der Waals surface area contributed by atoms with Crippen molar-refractivity contribution in [3.05, 3.63) is 30.2 Å². The lowest BCUT2D eigenvalue weighted by Crippen LogP contribution is -2.40. The third kappa shape index (κ3) is 1.41. The minimum Gasteiger partial charge on any atom is -0.319 e. The molecular formula is C12H16N4. The van der Waals surface area contributed by atoms with Gasteiger partial charge in [0.1, 0.15) is 0 Å². The van der Waals surface area contributed by atoms with E-state index in [9.17, 15) is 0 Å². The number of nitrogens with zero attached hydrogens (tertiary/aromatic N) is 3. The highest BCUT2D eigenvalue weighted by molar-refractivity contribution is 5.38. The molecule has 0 radical (unpaired) electrons. The largest absolute Gasteiger partial charge is 0.319 e. The van der Waals surface area contributed by atoms with E-state index in [1.165, 1.54) is 19.3 Å². The first-order valence-corrected chi connectivity index (χ1v) is 5.89. The van der Waals surface area contributed by atoms with Crippen molar-refractivity contribution in [2.24, 2.45) is 5.73 Å². The van der Waals surface area contributed by atoms with E-state index in [0.717, 1.165) is 24.3 Å². The summed E-state index contributed by atoms with van der Waals surface area (Å²) in [4.78, 5) is 0. The Labute approximate surface area is 94.5 Å². The van der Waals surface area contributed by atoms with E-state index in [2.05, 4.69) is 10.2 Å². The Morgan fingerprint density at radius 1 is 1.12 bits per heavy atom. The van der Waals surface area contributed by atoms with E-state index in [1.54, 1.807) is 0 Å². The molecule has 1 saturated carbocycles. The average molecular weight is 216 g/mol. The summed E-state index contributed by atoms with van der Waals surface area (Å²) in [5.41, 5.74) is 7.07. The van der Waals surface area contributed by atoms with Crippen molar-refractivity contribution in [3.8, 4) is 0 Å². The van der Waals surface area contributed by atoms with Gasteiger partial charge in [-0.1, -0.05) is 25.3 Å². The van der Waals surface area contributed by atoms with Crippen LogP contribution in [0.4, 0.5) is 0 Å². The number of hydrogen-bond donors (Lipinski definition) is 1. The number of pyridine rings is 1. The van der Waals surface area contributed by atoms with Gasteiger partial charge in [-0.25, -0.2) is 0 Å². The van der Waals surface area contributed by atoms with Crippen molar-refractivity contribution in [3.63, 3.8) is 0 Å². The van der Waals surface area contributed by atoms with Crippen molar-refractivity contribution < 1.29 is 0 Å². The molecule has 0 saturated heterocycles. The van der Waals surface area contributed by atoms with Crippen LogP contribution in [0.1, 0.15) is 37.9 Å². The molecule has 0 aromatic carbocycles. The molecule has 4 heteroatoms. The molecule has 2 N–H and O–H groups in total. The molecule has 4 nitrogen and oxygen atoms in total. The molecule has 3 rings (SSSR count). The van der Waals surface area contributed by atoms with Crippen LogP contribution in [0.5, 0.6) is 0 Å². The van der Waals surface area contributed by atoms with Gasteiger partial charge >= 0.3 is 0 Å². The summed E-state index contributed by atoms with van der Waals surface area (Å²) >= 11 is 0. The van der Waals surface area contributed by atoms with Crippen molar-refractivity contribution in [2.75, 3.05) is 0 Å². The molecule has 2 heterocycles. The van der Waals surface area contributed by atoms with Gasteiger partial charge in [0.05, 0.1) is 5.54 Å². The van der Waals surface area contributed by atoms with Crippen molar-refractivity contribution >= 4 is 5.65 Å². The summed E-state index contributed by atoms with van der Waals surface area (Å²) in [5, 5.41) is 8.45. The van der Waals surface area contributed by atoms with E-state index in [0.29, 0.717) is 0 Å². The second kappa shape index (κ2) is 3.56. The second-order valence-corrected chi connectivity index (χ2v) is 4.67. The standard InChI is InChI=1S/C12H16N4/c13-12(7-3-1-4-8-12)11-15-14-10-6-2-5-9-16(10)11/h2,5-6,9H,1,3-4,7-8,13H2. The van der Waals surface area contributed by atoms with Crippen LogP contribution in [-0.4, -0.2) is 14.6 Å². The lowest BCUT2D eigenvalue weighted by Gasteiger charge is -2.31. The maximum Gasteiger partial charge on any atom is 0.160 e. The van der Waals surface area contributed by atoms with Gasteiger partial charge in [-0.3, -0.25) is 4.40 Å². The molecule has 0 unspecified atom stereocenters. The fourth-order valence-corrected chi connectivity index (χ4v) is 2.59. The zero-order valence-corrected chi connectivity index (χ0v) is 9.26. The first-order valence-electron chi connectivity index (χ1n) is 5.89. The van der Waals surface area contributed by atoms with Gasteiger partial charge in [0.25, 0.3) is 0 Å². The number of nitrogens with two attached hydrogens (primary N) is 1. The maximum atomic E-state index is 6.47. The first kappa shape index (κ1) is 9.78. The van der Waals surface area contributed by atoms with Crippen LogP contribution in [-0.2, 0) is 5.54 Å². The molecule has 84 valence electrons. The molecule has 0 atom stereocenters. The van der Waals surface area contributed by atoms with Crippen LogP contribution in [0.3, 0.4) is 0 Å². The van der Waals surface area contributed by atoms with Crippen LogP contribution in [0.25, 0.3) is 5.65 Å². The molecular weight excluding hydrogens is 200 g/mol. The van der Waals surface area contributed by atoms with E-state index >= 15 is 0 Å². The third-order valence-corrected chi connectivity index (χ3v) is 3.50. The summed E-state index contributed by atoms with van der Waals surface area (Å²) in [5.74, 6) is 0.919. The SMILES string of the molecule is NC1(c2nnc3ccccn23)CCCCC1. The van der Waals surface area contributed by atoms with E-state index in [1.807, 2.05) is 28.8 Å². The predicted octanol–water partition coefficient (Wildman–Crippen LogP) is 1.85. The fraction of sp³-hybridized carbons (Fsp3) is 0.500. The van der Waals surface area contributed by atoms with Gasteiger partial charge in [0.2, 0.25) is 0 Å². The van der Waals surface area contributed by atoms with E-state index < -0.39 is 0 Å². The van der Waals surface area contributed by atoms with Crippen LogP contribution >= 0.6 is 0 Å². The Hall–Kier alpha value is -1.42. The Balaban J connectivity index is 2.11. The highest BCUT2D eigenvalue weighted by atomic mass is 15.3. The fourth-order valence-electron chi connectivity index (χ4n) is 2.59. The summed E-state index contributed by atoms with van der Waals surface area (Å²) < 4.78 is 2.02. The monoisotopic (exact) mass is 216 g/mol. The Morgan fingerprint density at radius 3 is 2.75 bits per heavy atom. The second-order valence-electron chi connectivity index (χ2n) is 4.67. The van der Waals surface area contributed by atoms with Crippen LogP contribution in [0.2, 0.25) is 0 Å². The first-order chi connectivity index (χ1) is 7.80. The average Bonchev–Trinajstić information content (AvgIpc) is 2.74. The maximum absolute atomic E-state index is 6.47. The molecule has 0 amide bonds. The van der Waals surface area contributed by atoms with Gasteiger partial charge in [-0.05, 0) is 25.0 Å². The quantitative estimate of drug-likeness (QED) is 0.791. The lowest BCUT2D eigenvalue weighted by atomic mass is 9.82. The number of hydrogen-bond acceptors (Lipinski definition) is 3. The Bertz CT molecular complexity index is 496. The molecule has 0 bridgehead atoms. The Kier molecular flexibility index (Phi) is 2.17. The lowest BCUT2D eigenvalue weighted by molar-refractivity contribution is 0.285. The minimum absolute atomic E-state index is 0.279. The smallest absolute Gasteiger partial charge is 0.160 e. The highest BCUT2D eigenvalue weighted by Crippen LogP contribution is 2.33. The van der Waals surface area contributed by atoms with Gasteiger partial charge in [-0.15, -0.1) is 10.2 Å². The zero-order chi connectivity index (χ0) is 11.0. The summed E-state index contributed by atoms with van der Waals surface area (Å²) in [6, 6.07) is 5.92. The molecule has 1 fully saturated rings. The minimum atomic E-state index is -0.279. The van der Waals surface area contributed by atoms with Gasteiger partial charge in [0, 0.05) is 6.20 Å². The highest BCUT2D eigenvalue weighted by Gasteiger charge is 2.33. The third-order valence-electron chi connectivity index (χ3n) is 3.50. The topological polar surface area (TPSA) is 56.2 Å². The van der Waals surface area contributed by atoms with Crippen molar-refractivity contribution in [1.29, 1.82) is 0 Å². The molecule has 16 heavy (non-hydrogen) atoms. The summed E-state index contributed by atoms with van der Waals surface area (Å²) in [6.45, 7) is 0. The molecule has 1 aliphatic rings. The van der Waals surface area contributed by atoms with Crippen LogP contribution in [0, 0.1) is 0 Å². The molecule has 2 aromatic heterocycles. The number of fused-ring (bicyclic) bond motifs is 1. The zero-order valence-electron chi connectivity index (χ0n) is 9.26. The van der Waals surface area contributed by atoms with Crippen LogP contribution in [0.15, 0.2) is 24.4 Å². The molecule has 0 spiro atoms. The normalized spacial score (nSPS) is 20.1. The van der Waals surface area contributed by atoms with E-state index in [-0.39, 0.29) is 5.54 Å². The van der Waals surface area contributed by atoms with Crippen molar-refractivity contribution in [2.45, 2.75) is 37.6 Å². The van der Waals surface area contributed by atoms with Gasteiger partial charge < -0.3 is 5.73 Å². The summed E-state index contributed by atoms with van der Waals surface area (Å²) in [7, 11) is 0. The van der Waals surface area contributed by atoms with Gasteiger partial charge in [0.15, 0.2) is 11.5 Å².